The number of carbonyl (C=O) groups excluding carboxylic acids is 1. The van der Waals surface area contributed by atoms with E-state index in [1.807, 2.05) is 12.3 Å². The fourth-order valence-corrected chi connectivity index (χ4v) is 2.55. The maximum absolute atomic E-state index is 12.0. The SMILES string of the molecule is Cc1csc2nc(NC(=O)c3ccc([N+](=O)[O-])cc3)nn12. The molecule has 0 bridgehead atoms. The Labute approximate surface area is 122 Å². The number of nitrogens with zero attached hydrogens (tertiary/aromatic N) is 4. The lowest BCUT2D eigenvalue weighted by atomic mass is 10.2. The third kappa shape index (κ3) is 2.46. The normalized spacial score (nSPS) is 10.7. The van der Waals surface area contributed by atoms with Crippen LogP contribution >= 0.6 is 11.3 Å². The molecule has 0 saturated heterocycles. The van der Waals surface area contributed by atoms with Gasteiger partial charge in [0.1, 0.15) is 0 Å². The summed E-state index contributed by atoms with van der Waals surface area (Å²) in [6.07, 6.45) is 0. The fourth-order valence-electron chi connectivity index (χ4n) is 1.75. The van der Waals surface area contributed by atoms with Crippen LogP contribution in [0.2, 0.25) is 0 Å². The Morgan fingerprint density at radius 3 is 2.71 bits per heavy atom. The van der Waals surface area contributed by atoms with E-state index in [2.05, 4.69) is 15.4 Å². The van der Waals surface area contributed by atoms with Crippen molar-refractivity contribution in [3.63, 3.8) is 0 Å². The van der Waals surface area contributed by atoms with Gasteiger partial charge in [-0.05, 0) is 19.1 Å². The van der Waals surface area contributed by atoms with Gasteiger partial charge in [-0.2, -0.15) is 4.98 Å². The molecule has 9 heteroatoms. The molecule has 21 heavy (non-hydrogen) atoms. The zero-order chi connectivity index (χ0) is 15.0. The third-order valence-electron chi connectivity index (χ3n) is 2.81. The number of benzene rings is 1. The first-order chi connectivity index (χ1) is 10.0. The van der Waals surface area contributed by atoms with Crippen LogP contribution in [0.15, 0.2) is 29.6 Å². The number of rotatable bonds is 3. The van der Waals surface area contributed by atoms with Gasteiger partial charge in [0.25, 0.3) is 17.5 Å². The van der Waals surface area contributed by atoms with Crippen molar-refractivity contribution in [2.75, 3.05) is 5.32 Å². The minimum Gasteiger partial charge on any atom is -0.289 e. The van der Waals surface area contributed by atoms with E-state index in [9.17, 15) is 14.9 Å². The molecule has 2 aromatic heterocycles. The smallest absolute Gasteiger partial charge is 0.269 e. The predicted octanol–water partition coefficient (Wildman–Crippen LogP) is 2.26. The van der Waals surface area contributed by atoms with Gasteiger partial charge in [-0.15, -0.1) is 16.4 Å². The summed E-state index contributed by atoms with van der Waals surface area (Å²) in [5, 5.41) is 19.2. The minimum atomic E-state index is -0.518. The zero-order valence-corrected chi connectivity index (χ0v) is 11.6. The number of hydrogen-bond acceptors (Lipinski definition) is 6. The molecule has 2 heterocycles. The highest BCUT2D eigenvalue weighted by atomic mass is 32.1. The van der Waals surface area contributed by atoms with Crippen molar-refractivity contribution >= 4 is 33.8 Å². The van der Waals surface area contributed by atoms with Crippen LogP contribution in [0.3, 0.4) is 0 Å². The van der Waals surface area contributed by atoms with E-state index in [-0.39, 0.29) is 11.6 Å². The van der Waals surface area contributed by atoms with Crippen LogP contribution in [0.4, 0.5) is 11.6 Å². The Kier molecular flexibility index (Phi) is 3.10. The number of fused-ring (bicyclic) bond motifs is 1. The summed E-state index contributed by atoms with van der Waals surface area (Å²) in [4.78, 5) is 26.9. The van der Waals surface area contributed by atoms with Gasteiger partial charge >= 0.3 is 0 Å². The molecule has 0 spiro atoms. The van der Waals surface area contributed by atoms with Crippen molar-refractivity contribution in [2.24, 2.45) is 0 Å². The van der Waals surface area contributed by atoms with Gasteiger partial charge in [-0.3, -0.25) is 20.2 Å². The van der Waals surface area contributed by atoms with Crippen molar-refractivity contribution in [2.45, 2.75) is 6.92 Å². The largest absolute Gasteiger partial charge is 0.289 e. The fraction of sp³-hybridized carbons (Fsp3) is 0.0833. The highest BCUT2D eigenvalue weighted by Gasteiger charge is 2.13. The molecule has 1 aromatic carbocycles. The number of amides is 1. The summed E-state index contributed by atoms with van der Waals surface area (Å²) >= 11 is 1.43. The van der Waals surface area contributed by atoms with Crippen LogP contribution in [0.5, 0.6) is 0 Å². The highest BCUT2D eigenvalue weighted by molar-refractivity contribution is 7.15. The molecule has 0 aliphatic carbocycles. The summed E-state index contributed by atoms with van der Waals surface area (Å²) in [6.45, 7) is 1.89. The first-order valence-corrected chi connectivity index (χ1v) is 6.79. The lowest BCUT2D eigenvalue weighted by Gasteiger charge is -2.00. The molecule has 8 nitrogen and oxygen atoms in total. The van der Waals surface area contributed by atoms with E-state index in [0.717, 1.165) is 5.69 Å². The van der Waals surface area contributed by atoms with Crippen LogP contribution in [-0.4, -0.2) is 25.4 Å². The monoisotopic (exact) mass is 303 g/mol. The second kappa shape index (κ2) is 4.94. The van der Waals surface area contributed by atoms with Crippen LogP contribution < -0.4 is 5.32 Å². The Bertz CT molecular complexity index is 836. The molecule has 0 aliphatic heterocycles. The predicted molar refractivity (Wildman–Crippen MR) is 76.7 cm³/mol. The summed E-state index contributed by atoms with van der Waals surface area (Å²) in [7, 11) is 0. The van der Waals surface area contributed by atoms with Crippen molar-refractivity contribution in [3.05, 3.63) is 51.0 Å². The van der Waals surface area contributed by atoms with E-state index >= 15 is 0 Å². The Morgan fingerprint density at radius 1 is 1.38 bits per heavy atom. The number of aromatic nitrogens is 3. The summed E-state index contributed by atoms with van der Waals surface area (Å²) in [5.41, 5.74) is 1.16. The van der Waals surface area contributed by atoms with Crippen LogP contribution in [0, 0.1) is 17.0 Å². The Hall–Kier alpha value is -2.81. The molecule has 0 atom stereocenters. The van der Waals surface area contributed by atoms with Crippen molar-refractivity contribution in [1.82, 2.24) is 14.6 Å². The van der Waals surface area contributed by atoms with Gasteiger partial charge in [0.15, 0.2) is 0 Å². The quantitative estimate of drug-likeness (QED) is 0.590. The van der Waals surface area contributed by atoms with Crippen LogP contribution in [0.1, 0.15) is 16.1 Å². The number of thiazole rings is 1. The van der Waals surface area contributed by atoms with Gasteiger partial charge in [0.2, 0.25) is 4.96 Å². The lowest BCUT2D eigenvalue weighted by Crippen LogP contribution is -2.13. The second-order valence-electron chi connectivity index (χ2n) is 4.26. The molecule has 0 unspecified atom stereocenters. The van der Waals surface area contributed by atoms with Gasteiger partial charge in [-0.25, -0.2) is 4.52 Å². The van der Waals surface area contributed by atoms with E-state index in [0.29, 0.717) is 10.5 Å². The van der Waals surface area contributed by atoms with Crippen LogP contribution in [0.25, 0.3) is 4.96 Å². The number of non-ortho nitro benzene ring substituents is 1. The summed E-state index contributed by atoms with van der Waals surface area (Å²) in [5.74, 6) is -0.214. The van der Waals surface area contributed by atoms with Crippen molar-refractivity contribution in [3.8, 4) is 0 Å². The minimum absolute atomic E-state index is 0.0668. The first-order valence-electron chi connectivity index (χ1n) is 5.91. The average molecular weight is 303 g/mol. The molecule has 3 aromatic rings. The third-order valence-corrected chi connectivity index (χ3v) is 3.75. The Balaban J connectivity index is 1.80. The highest BCUT2D eigenvalue weighted by Crippen LogP contribution is 2.16. The van der Waals surface area contributed by atoms with Gasteiger partial charge in [0, 0.05) is 23.1 Å². The zero-order valence-electron chi connectivity index (χ0n) is 10.8. The number of nitro benzene ring substituents is 1. The van der Waals surface area contributed by atoms with Gasteiger partial charge < -0.3 is 0 Å². The lowest BCUT2D eigenvalue weighted by molar-refractivity contribution is -0.384. The molecular weight excluding hydrogens is 294 g/mol. The molecule has 0 saturated carbocycles. The molecule has 0 radical (unpaired) electrons. The van der Waals surface area contributed by atoms with Crippen molar-refractivity contribution in [1.29, 1.82) is 0 Å². The molecule has 1 N–H and O–H groups in total. The number of nitro groups is 1. The molecular formula is C12H9N5O3S. The molecule has 106 valence electrons. The van der Waals surface area contributed by atoms with Crippen molar-refractivity contribution < 1.29 is 9.72 Å². The number of anilines is 1. The van der Waals surface area contributed by atoms with Crippen LogP contribution in [-0.2, 0) is 0 Å². The number of hydrogen-bond donors (Lipinski definition) is 1. The maximum atomic E-state index is 12.0. The number of carbonyl (C=O) groups is 1. The molecule has 0 fully saturated rings. The average Bonchev–Trinajstić information content (AvgIpc) is 3.01. The topological polar surface area (TPSA) is 102 Å². The van der Waals surface area contributed by atoms with E-state index in [1.165, 1.54) is 35.6 Å². The standard InChI is InChI=1S/C12H9N5O3S/c1-7-6-21-12-14-11(15-16(7)12)13-10(18)8-2-4-9(5-3-8)17(19)20/h2-6H,1H3,(H,13,15,18). The first kappa shape index (κ1) is 13.2. The summed E-state index contributed by atoms with van der Waals surface area (Å²) < 4.78 is 1.64. The Morgan fingerprint density at radius 2 is 2.10 bits per heavy atom. The number of nitrogens with one attached hydrogen (secondary N) is 1. The van der Waals surface area contributed by atoms with E-state index in [4.69, 9.17) is 0 Å². The number of aryl methyl sites for hydroxylation is 1. The molecule has 3 rings (SSSR count). The maximum Gasteiger partial charge on any atom is 0.269 e. The van der Waals surface area contributed by atoms with E-state index in [1.54, 1.807) is 4.52 Å². The van der Waals surface area contributed by atoms with Gasteiger partial charge in [-0.1, -0.05) is 0 Å². The summed E-state index contributed by atoms with van der Waals surface area (Å²) in [6, 6.07) is 5.32. The van der Waals surface area contributed by atoms with E-state index < -0.39 is 10.8 Å². The van der Waals surface area contributed by atoms with Gasteiger partial charge in [0.05, 0.1) is 10.6 Å². The molecule has 1 amide bonds. The molecule has 0 aliphatic rings. The second-order valence-corrected chi connectivity index (χ2v) is 5.10.